The lowest BCUT2D eigenvalue weighted by molar-refractivity contribution is 0.0875. The molecular formula is C10H19ClO. The Labute approximate surface area is 80.4 Å². The molecule has 0 saturated heterocycles. The fraction of sp³-hybridized carbons (Fsp3) is 1.00. The predicted octanol–water partition coefficient (Wildman–Crippen LogP) is 3.07. The Morgan fingerprint density at radius 3 is 2.25 bits per heavy atom. The lowest BCUT2D eigenvalue weighted by Crippen LogP contribution is -2.19. The number of hydrogen-bond donors (Lipinski definition) is 0. The lowest BCUT2D eigenvalue weighted by Gasteiger charge is -2.20. The summed E-state index contributed by atoms with van der Waals surface area (Å²) in [6, 6.07) is 0. The van der Waals surface area contributed by atoms with E-state index in [0.717, 1.165) is 12.3 Å². The maximum atomic E-state index is 5.99. The number of methoxy groups -OCH3 is 1. The molecule has 0 heterocycles. The van der Waals surface area contributed by atoms with Gasteiger partial charge in [-0.2, -0.15) is 0 Å². The number of rotatable bonds is 4. The van der Waals surface area contributed by atoms with Crippen LogP contribution in [0.25, 0.3) is 0 Å². The van der Waals surface area contributed by atoms with E-state index in [9.17, 15) is 0 Å². The van der Waals surface area contributed by atoms with Crippen LogP contribution in [0.15, 0.2) is 0 Å². The van der Waals surface area contributed by atoms with Crippen LogP contribution in [0.5, 0.6) is 0 Å². The zero-order valence-electron chi connectivity index (χ0n) is 8.48. The molecule has 0 aliphatic heterocycles. The third-order valence-electron chi connectivity index (χ3n) is 3.43. The molecule has 0 radical (unpaired) electrons. The summed E-state index contributed by atoms with van der Waals surface area (Å²) in [6.45, 7) is 6.69. The van der Waals surface area contributed by atoms with Crippen LogP contribution >= 0.6 is 11.6 Å². The highest BCUT2D eigenvalue weighted by atomic mass is 35.5. The van der Waals surface area contributed by atoms with Gasteiger partial charge >= 0.3 is 0 Å². The van der Waals surface area contributed by atoms with Crippen LogP contribution in [0, 0.1) is 10.8 Å². The van der Waals surface area contributed by atoms with Gasteiger partial charge in [-0.3, -0.25) is 0 Å². The van der Waals surface area contributed by atoms with Gasteiger partial charge in [0, 0.05) is 13.0 Å². The van der Waals surface area contributed by atoms with Gasteiger partial charge in [0.05, 0.1) is 6.10 Å². The molecule has 1 rings (SSSR count). The van der Waals surface area contributed by atoms with Crippen LogP contribution in [0.1, 0.15) is 33.6 Å². The fourth-order valence-corrected chi connectivity index (χ4v) is 2.63. The van der Waals surface area contributed by atoms with Gasteiger partial charge in [-0.1, -0.05) is 13.8 Å². The van der Waals surface area contributed by atoms with Crippen LogP contribution in [0.4, 0.5) is 0 Å². The first-order chi connectivity index (χ1) is 5.47. The summed E-state index contributed by atoms with van der Waals surface area (Å²) in [5.74, 6) is 0.772. The van der Waals surface area contributed by atoms with Crippen molar-refractivity contribution >= 4 is 11.6 Å². The van der Waals surface area contributed by atoms with Gasteiger partial charge in [-0.25, -0.2) is 0 Å². The summed E-state index contributed by atoms with van der Waals surface area (Å²) in [5.41, 5.74) is 0.783. The molecule has 1 aliphatic carbocycles. The summed E-state index contributed by atoms with van der Waals surface area (Å²) in [6.07, 6.45) is 2.68. The Kier molecular flexibility index (Phi) is 2.75. The average Bonchev–Trinajstić information content (AvgIpc) is 2.54. The second-order valence-electron chi connectivity index (χ2n) is 4.73. The van der Waals surface area contributed by atoms with Crippen molar-refractivity contribution < 1.29 is 4.74 Å². The summed E-state index contributed by atoms with van der Waals surface area (Å²) in [7, 11) is 1.77. The van der Waals surface area contributed by atoms with Crippen LogP contribution in [0.2, 0.25) is 0 Å². The van der Waals surface area contributed by atoms with Crippen molar-refractivity contribution in [2.75, 3.05) is 13.0 Å². The number of hydrogen-bond acceptors (Lipinski definition) is 1. The number of alkyl halides is 1. The standard InChI is InChI=1S/C10H19ClO/c1-8(12-4)5-10(7-11)6-9(10,2)3/h8H,5-7H2,1-4H3. The monoisotopic (exact) mass is 190 g/mol. The summed E-state index contributed by atoms with van der Waals surface area (Å²) >= 11 is 5.99. The molecule has 1 aliphatic rings. The molecule has 0 amide bonds. The molecule has 1 fully saturated rings. The van der Waals surface area contributed by atoms with E-state index in [2.05, 4.69) is 20.8 Å². The predicted molar refractivity (Wildman–Crippen MR) is 52.6 cm³/mol. The van der Waals surface area contributed by atoms with Gasteiger partial charge in [-0.05, 0) is 30.6 Å². The highest BCUT2D eigenvalue weighted by Gasteiger charge is 2.60. The van der Waals surface area contributed by atoms with E-state index in [1.807, 2.05) is 0 Å². The molecule has 72 valence electrons. The van der Waals surface area contributed by atoms with Crippen LogP contribution in [0.3, 0.4) is 0 Å². The molecule has 0 aromatic rings. The highest BCUT2D eigenvalue weighted by molar-refractivity contribution is 6.18. The van der Waals surface area contributed by atoms with Crippen LogP contribution in [-0.2, 0) is 4.74 Å². The Bertz CT molecular complexity index is 167. The molecule has 2 atom stereocenters. The SMILES string of the molecule is COC(C)CC1(CCl)CC1(C)C. The largest absolute Gasteiger partial charge is 0.382 e. The zero-order chi connectivity index (χ0) is 9.41. The minimum Gasteiger partial charge on any atom is -0.382 e. The highest BCUT2D eigenvalue weighted by Crippen LogP contribution is 2.66. The molecule has 1 saturated carbocycles. The Balaban J connectivity index is 2.50. The molecule has 0 spiro atoms. The molecule has 2 heteroatoms. The summed E-state index contributed by atoms with van der Waals surface area (Å²) in [4.78, 5) is 0. The normalized spacial score (nSPS) is 34.8. The maximum absolute atomic E-state index is 5.99. The molecule has 12 heavy (non-hydrogen) atoms. The van der Waals surface area contributed by atoms with Crippen LogP contribution in [-0.4, -0.2) is 19.1 Å². The second-order valence-corrected chi connectivity index (χ2v) is 4.99. The van der Waals surface area contributed by atoms with Gasteiger partial charge in [-0.15, -0.1) is 11.6 Å². The molecular weight excluding hydrogens is 172 g/mol. The second kappa shape index (κ2) is 3.19. The van der Waals surface area contributed by atoms with E-state index in [-0.39, 0.29) is 0 Å². The van der Waals surface area contributed by atoms with Crippen molar-refractivity contribution in [2.24, 2.45) is 10.8 Å². The van der Waals surface area contributed by atoms with E-state index < -0.39 is 0 Å². The Morgan fingerprint density at radius 2 is 2.00 bits per heavy atom. The first-order valence-corrected chi connectivity index (χ1v) is 5.10. The van der Waals surface area contributed by atoms with E-state index >= 15 is 0 Å². The Hall–Kier alpha value is 0.250. The van der Waals surface area contributed by atoms with Gasteiger partial charge in [0.1, 0.15) is 0 Å². The van der Waals surface area contributed by atoms with Crippen molar-refractivity contribution in [1.29, 1.82) is 0 Å². The third-order valence-corrected chi connectivity index (χ3v) is 3.94. The first kappa shape index (κ1) is 10.3. The van der Waals surface area contributed by atoms with Crippen molar-refractivity contribution in [3.63, 3.8) is 0 Å². The molecule has 0 aromatic carbocycles. The van der Waals surface area contributed by atoms with E-state index in [0.29, 0.717) is 16.9 Å². The van der Waals surface area contributed by atoms with Crippen molar-refractivity contribution in [2.45, 2.75) is 39.7 Å². The smallest absolute Gasteiger partial charge is 0.0549 e. The first-order valence-electron chi connectivity index (χ1n) is 4.56. The minimum absolute atomic E-state index is 0.338. The zero-order valence-corrected chi connectivity index (χ0v) is 9.24. The fourth-order valence-electron chi connectivity index (χ4n) is 2.07. The summed E-state index contributed by atoms with van der Waals surface area (Å²) in [5, 5.41) is 0. The van der Waals surface area contributed by atoms with Crippen molar-refractivity contribution in [3.8, 4) is 0 Å². The van der Waals surface area contributed by atoms with Gasteiger partial charge in [0.15, 0.2) is 0 Å². The van der Waals surface area contributed by atoms with E-state index in [4.69, 9.17) is 16.3 Å². The molecule has 0 N–H and O–H groups in total. The van der Waals surface area contributed by atoms with Gasteiger partial charge in [0.2, 0.25) is 0 Å². The van der Waals surface area contributed by atoms with E-state index in [1.54, 1.807) is 7.11 Å². The number of halogens is 1. The molecule has 2 unspecified atom stereocenters. The van der Waals surface area contributed by atoms with Crippen LogP contribution < -0.4 is 0 Å². The third kappa shape index (κ3) is 1.62. The van der Waals surface area contributed by atoms with Gasteiger partial charge in [0.25, 0.3) is 0 Å². The lowest BCUT2D eigenvalue weighted by atomic mass is 9.92. The molecule has 0 bridgehead atoms. The van der Waals surface area contributed by atoms with E-state index in [1.165, 1.54) is 6.42 Å². The number of ether oxygens (including phenoxy) is 1. The summed E-state index contributed by atoms with van der Waals surface area (Å²) < 4.78 is 5.26. The Morgan fingerprint density at radius 1 is 1.50 bits per heavy atom. The molecule has 0 aromatic heterocycles. The topological polar surface area (TPSA) is 9.23 Å². The maximum Gasteiger partial charge on any atom is 0.0549 e. The molecule has 1 nitrogen and oxygen atoms in total. The minimum atomic E-state index is 0.338. The average molecular weight is 191 g/mol. The van der Waals surface area contributed by atoms with Crippen molar-refractivity contribution in [1.82, 2.24) is 0 Å². The van der Waals surface area contributed by atoms with Crippen molar-refractivity contribution in [3.05, 3.63) is 0 Å². The van der Waals surface area contributed by atoms with Gasteiger partial charge < -0.3 is 4.74 Å². The quantitative estimate of drug-likeness (QED) is 0.620.